The first-order chi connectivity index (χ1) is 9.63. The highest BCUT2D eigenvalue weighted by Gasteiger charge is 2.26. The summed E-state index contributed by atoms with van der Waals surface area (Å²) in [7, 11) is 0. The molecule has 1 aromatic rings. The van der Waals surface area contributed by atoms with Crippen molar-refractivity contribution in [2.45, 2.75) is 26.3 Å². The van der Waals surface area contributed by atoms with Crippen LogP contribution in [0.5, 0.6) is 0 Å². The Morgan fingerprint density at radius 2 is 1.90 bits per heavy atom. The van der Waals surface area contributed by atoms with Crippen LogP contribution in [0, 0.1) is 17.6 Å². The van der Waals surface area contributed by atoms with E-state index < -0.39 is 11.6 Å². The first kappa shape index (κ1) is 14.9. The van der Waals surface area contributed by atoms with Crippen molar-refractivity contribution in [1.82, 2.24) is 10.2 Å². The van der Waals surface area contributed by atoms with Crippen molar-refractivity contribution in [3.05, 3.63) is 35.4 Å². The van der Waals surface area contributed by atoms with E-state index in [4.69, 9.17) is 0 Å². The van der Waals surface area contributed by atoms with Gasteiger partial charge in [0.1, 0.15) is 11.6 Å². The van der Waals surface area contributed by atoms with Crippen molar-refractivity contribution in [2.75, 3.05) is 19.6 Å². The lowest BCUT2D eigenvalue weighted by Gasteiger charge is -2.29. The minimum Gasteiger partial charge on any atom is -0.338 e. The fraction of sp³-hybridized carbons (Fsp3) is 0.533. The molecule has 1 aliphatic heterocycles. The van der Waals surface area contributed by atoms with Crippen molar-refractivity contribution in [2.24, 2.45) is 5.92 Å². The normalized spacial score (nSPS) is 16.1. The SMILES string of the molecule is CCN(Cc1c(F)cccc1F)C(=O)C1CCNCC1. The largest absolute Gasteiger partial charge is 0.338 e. The molecule has 110 valence electrons. The number of nitrogens with zero attached hydrogens (tertiary/aromatic N) is 1. The van der Waals surface area contributed by atoms with Gasteiger partial charge in [0, 0.05) is 18.0 Å². The zero-order chi connectivity index (χ0) is 14.5. The van der Waals surface area contributed by atoms with Crippen molar-refractivity contribution in [3.8, 4) is 0 Å². The molecule has 1 amide bonds. The number of carbonyl (C=O) groups is 1. The van der Waals surface area contributed by atoms with Crippen molar-refractivity contribution < 1.29 is 13.6 Å². The molecule has 1 aliphatic rings. The summed E-state index contributed by atoms with van der Waals surface area (Å²) < 4.78 is 27.3. The van der Waals surface area contributed by atoms with Crippen LogP contribution in [0.3, 0.4) is 0 Å². The molecule has 1 saturated heterocycles. The lowest BCUT2D eigenvalue weighted by molar-refractivity contribution is -0.136. The van der Waals surface area contributed by atoms with Gasteiger partial charge in [0.15, 0.2) is 0 Å². The van der Waals surface area contributed by atoms with Crippen LogP contribution in [0.15, 0.2) is 18.2 Å². The van der Waals surface area contributed by atoms with Gasteiger partial charge >= 0.3 is 0 Å². The predicted molar refractivity (Wildman–Crippen MR) is 73.0 cm³/mol. The Morgan fingerprint density at radius 1 is 1.30 bits per heavy atom. The lowest BCUT2D eigenvalue weighted by atomic mass is 9.96. The minimum absolute atomic E-state index is 0.00221. The maximum absolute atomic E-state index is 13.7. The number of hydrogen-bond donors (Lipinski definition) is 1. The van der Waals surface area contributed by atoms with Crippen LogP contribution in [-0.4, -0.2) is 30.4 Å². The predicted octanol–water partition coefficient (Wildman–Crippen LogP) is 2.31. The summed E-state index contributed by atoms with van der Waals surface area (Å²) in [6.07, 6.45) is 1.57. The summed E-state index contributed by atoms with van der Waals surface area (Å²) in [6.45, 7) is 3.93. The second-order valence-electron chi connectivity index (χ2n) is 5.08. The van der Waals surface area contributed by atoms with Crippen LogP contribution >= 0.6 is 0 Å². The Kier molecular flexibility index (Phi) is 5.06. The molecule has 0 radical (unpaired) electrons. The van der Waals surface area contributed by atoms with E-state index in [0.717, 1.165) is 25.9 Å². The van der Waals surface area contributed by atoms with Gasteiger partial charge in [-0.3, -0.25) is 4.79 Å². The number of amides is 1. The highest BCUT2D eigenvalue weighted by molar-refractivity contribution is 5.79. The molecule has 2 rings (SSSR count). The minimum atomic E-state index is -0.596. The van der Waals surface area contributed by atoms with Gasteiger partial charge in [-0.15, -0.1) is 0 Å². The van der Waals surface area contributed by atoms with Gasteiger partial charge in [0.25, 0.3) is 0 Å². The van der Waals surface area contributed by atoms with E-state index in [2.05, 4.69) is 5.32 Å². The van der Waals surface area contributed by atoms with Crippen LogP contribution in [0.1, 0.15) is 25.3 Å². The van der Waals surface area contributed by atoms with Gasteiger partial charge in [-0.2, -0.15) is 0 Å². The molecule has 0 bridgehead atoms. The smallest absolute Gasteiger partial charge is 0.226 e. The molecule has 1 aromatic carbocycles. The molecule has 0 aromatic heterocycles. The Balaban J connectivity index is 2.10. The van der Waals surface area contributed by atoms with Crippen LogP contribution < -0.4 is 5.32 Å². The third-order valence-electron chi connectivity index (χ3n) is 3.79. The monoisotopic (exact) mass is 282 g/mol. The first-order valence-corrected chi connectivity index (χ1v) is 7.06. The third-order valence-corrected chi connectivity index (χ3v) is 3.79. The Hall–Kier alpha value is -1.49. The summed E-state index contributed by atoms with van der Waals surface area (Å²) in [5.74, 6) is -1.23. The number of rotatable bonds is 4. The molecule has 5 heteroatoms. The van der Waals surface area contributed by atoms with Gasteiger partial charge in [-0.25, -0.2) is 8.78 Å². The fourth-order valence-electron chi connectivity index (χ4n) is 2.55. The zero-order valence-corrected chi connectivity index (χ0v) is 11.7. The van der Waals surface area contributed by atoms with Crippen LogP contribution in [0.4, 0.5) is 8.78 Å². The summed E-state index contributed by atoms with van der Waals surface area (Å²) in [4.78, 5) is 13.9. The maximum Gasteiger partial charge on any atom is 0.226 e. The van der Waals surface area contributed by atoms with E-state index >= 15 is 0 Å². The topological polar surface area (TPSA) is 32.3 Å². The molecule has 1 fully saturated rings. The van der Waals surface area contributed by atoms with E-state index in [1.54, 1.807) is 0 Å². The molecule has 20 heavy (non-hydrogen) atoms. The summed E-state index contributed by atoms with van der Waals surface area (Å²) in [6, 6.07) is 3.78. The summed E-state index contributed by atoms with van der Waals surface area (Å²) in [5.41, 5.74) is -0.0309. The number of hydrogen-bond acceptors (Lipinski definition) is 2. The number of nitrogens with one attached hydrogen (secondary N) is 1. The third kappa shape index (κ3) is 3.33. The molecule has 0 spiro atoms. The van der Waals surface area contributed by atoms with Crippen molar-refractivity contribution in [1.29, 1.82) is 0 Å². The Bertz CT molecular complexity index is 453. The second-order valence-corrected chi connectivity index (χ2v) is 5.08. The van der Waals surface area contributed by atoms with Crippen LogP contribution in [0.25, 0.3) is 0 Å². The number of benzene rings is 1. The Morgan fingerprint density at radius 3 is 2.45 bits per heavy atom. The second kappa shape index (κ2) is 6.79. The van der Waals surface area contributed by atoms with E-state index in [0.29, 0.717) is 6.54 Å². The van der Waals surface area contributed by atoms with E-state index in [1.165, 1.54) is 23.1 Å². The van der Waals surface area contributed by atoms with Crippen LogP contribution in [-0.2, 0) is 11.3 Å². The molecular formula is C15H20F2N2O. The average Bonchev–Trinajstić information content (AvgIpc) is 2.47. The molecule has 0 saturated carbocycles. The summed E-state index contributed by atoms with van der Waals surface area (Å²) >= 11 is 0. The molecule has 0 atom stereocenters. The molecule has 3 nitrogen and oxygen atoms in total. The average molecular weight is 282 g/mol. The summed E-state index contributed by atoms with van der Waals surface area (Å²) in [5, 5.41) is 3.20. The van der Waals surface area contributed by atoms with Gasteiger partial charge in [0.05, 0.1) is 6.54 Å². The highest BCUT2D eigenvalue weighted by atomic mass is 19.1. The van der Waals surface area contributed by atoms with E-state index in [1.807, 2.05) is 6.92 Å². The molecule has 1 N–H and O–H groups in total. The van der Waals surface area contributed by atoms with Gasteiger partial charge < -0.3 is 10.2 Å². The van der Waals surface area contributed by atoms with Gasteiger partial charge in [-0.1, -0.05) is 6.07 Å². The molecule has 1 heterocycles. The molecular weight excluding hydrogens is 262 g/mol. The molecule has 0 aliphatic carbocycles. The number of piperidine rings is 1. The van der Waals surface area contributed by atoms with E-state index in [-0.39, 0.29) is 23.9 Å². The number of halogens is 2. The number of carbonyl (C=O) groups excluding carboxylic acids is 1. The Labute approximate surface area is 118 Å². The van der Waals surface area contributed by atoms with E-state index in [9.17, 15) is 13.6 Å². The quantitative estimate of drug-likeness (QED) is 0.919. The fourth-order valence-corrected chi connectivity index (χ4v) is 2.55. The maximum atomic E-state index is 13.7. The van der Waals surface area contributed by atoms with Gasteiger partial charge in [-0.05, 0) is 45.0 Å². The lowest BCUT2D eigenvalue weighted by Crippen LogP contribution is -2.40. The first-order valence-electron chi connectivity index (χ1n) is 7.06. The molecule has 0 unspecified atom stereocenters. The van der Waals surface area contributed by atoms with Gasteiger partial charge in [0.2, 0.25) is 5.91 Å². The van der Waals surface area contributed by atoms with Crippen molar-refractivity contribution >= 4 is 5.91 Å². The highest BCUT2D eigenvalue weighted by Crippen LogP contribution is 2.19. The van der Waals surface area contributed by atoms with Crippen LogP contribution in [0.2, 0.25) is 0 Å². The zero-order valence-electron chi connectivity index (χ0n) is 11.7. The van der Waals surface area contributed by atoms with Crippen molar-refractivity contribution in [3.63, 3.8) is 0 Å². The standard InChI is InChI=1S/C15H20F2N2O/c1-2-19(15(20)11-6-8-18-9-7-11)10-12-13(16)4-3-5-14(12)17/h3-5,11,18H,2,6-10H2,1H3.